The Kier molecular flexibility index (Phi) is 5.53. The zero-order chi connectivity index (χ0) is 20.3. The van der Waals surface area contributed by atoms with Gasteiger partial charge in [0.25, 0.3) is 5.69 Å². The average Bonchev–Trinajstić information content (AvgIpc) is 3.15. The number of nitrogens with zero attached hydrogens (tertiary/aromatic N) is 3. The number of hydrogen-bond donors (Lipinski definition) is 1. The summed E-state index contributed by atoms with van der Waals surface area (Å²) >= 11 is 0. The van der Waals surface area contributed by atoms with Crippen molar-refractivity contribution in [1.29, 1.82) is 0 Å². The van der Waals surface area contributed by atoms with Crippen LogP contribution >= 0.6 is 0 Å². The highest BCUT2D eigenvalue weighted by Gasteiger charge is 2.31. The molecule has 28 heavy (non-hydrogen) atoms. The molecule has 1 aliphatic rings. The van der Waals surface area contributed by atoms with E-state index >= 15 is 0 Å². The predicted octanol–water partition coefficient (Wildman–Crippen LogP) is 4.55. The molecule has 2 atom stereocenters. The monoisotopic (exact) mass is 385 g/mol. The molecule has 0 bridgehead atoms. The molecule has 0 aromatic heterocycles. The number of rotatable bonds is 6. The molecule has 0 aliphatic heterocycles. The fraction of sp³-hybridized carbons (Fsp3) is 0.316. The Morgan fingerprint density at radius 3 is 2.61 bits per heavy atom. The smallest absolute Gasteiger partial charge is 0.321 e. The normalized spacial score (nSPS) is 19.4. The third-order valence-corrected chi connectivity index (χ3v) is 4.99. The minimum atomic E-state index is -0.738. The van der Waals surface area contributed by atoms with Crippen LogP contribution in [0.3, 0.4) is 0 Å². The van der Waals surface area contributed by atoms with E-state index < -0.39 is 15.5 Å². The fourth-order valence-corrected chi connectivity index (χ4v) is 3.64. The topological polar surface area (TPSA) is 128 Å². The van der Waals surface area contributed by atoms with Gasteiger partial charge in [-0.05, 0) is 49.4 Å². The zero-order valence-corrected chi connectivity index (χ0v) is 15.1. The van der Waals surface area contributed by atoms with Gasteiger partial charge in [0.05, 0.1) is 21.6 Å². The minimum absolute atomic E-state index is 0.0823. The molecule has 2 aromatic rings. The summed E-state index contributed by atoms with van der Waals surface area (Å²) in [5.41, 5.74) is 0.790. The average molecular weight is 385 g/mol. The van der Waals surface area contributed by atoms with E-state index in [0.29, 0.717) is 5.71 Å². The fourth-order valence-electron chi connectivity index (χ4n) is 3.64. The molecule has 2 aromatic carbocycles. The van der Waals surface area contributed by atoms with Crippen molar-refractivity contribution in [2.24, 2.45) is 11.1 Å². The van der Waals surface area contributed by atoms with Crippen LogP contribution in [0.4, 0.5) is 11.4 Å². The predicted molar refractivity (Wildman–Crippen MR) is 102 cm³/mol. The van der Waals surface area contributed by atoms with Crippen LogP contribution in [0, 0.1) is 26.1 Å². The van der Waals surface area contributed by atoms with Crippen LogP contribution in [0.2, 0.25) is 0 Å². The number of non-ortho nitro benzene ring substituents is 1. The largest absolute Gasteiger partial charge is 0.508 e. The third kappa shape index (κ3) is 4.08. The van der Waals surface area contributed by atoms with Gasteiger partial charge in [-0.1, -0.05) is 23.7 Å². The number of benzene rings is 2. The van der Waals surface area contributed by atoms with E-state index in [9.17, 15) is 25.3 Å². The lowest BCUT2D eigenvalue weighted by molar-refractivity contribution is -0.394. The minimum Gasteiger partial charge on any atom is -0.508 e. The van der Waals surface area contributed by atoms with Crippen molar-refractivity contribution in [3.63, 3.8) is 0 Å². The van der Waals surface area contributed by atoms with Gasteiger partial charge in [-0.3, -0.25) is 20.2 Å². The molecule has 1 saturated carbocycles. The van der Waals surface area contributed by atoms with Crippen molar-refractivity contribution in [2.75, 3.05) is 0 Å². The third-order valence-electron chi connectivity index (χ3n) is 4.99. The van der Waals surface area contributed by atoms with Crippen LogP contribution in [0.5, 0.6) is 11.5 Å². The number of oxime groups is 1. The quantitative estimate of drug-likeness (QED) is 0.441. The summed E-state index contributed by atoms with van der Waals surface area (Å²) in [7, 11) is 0. The Bertz CT molecular complexity index is 943. The Labute approximate surface area is 160 Å². The number of nitro groups is 2. The van der Waals surface area contributed by atoms with Crippen LogP contribution in [0.15, 0.2) is 47.6 Å². The molecule has 0 heterocycles. The first-order chi connectivity index (χ1) is 13.4. The molecular weight excluding hydrogens is 366 g/mol. The Morgan fingerprint density at radius 2 is 1.93 bits per heavy atom. The van der Waals surface area contributed by atoms with Crippen LogP contribution < -0.4 is 4.84 Å². The number of phenolic OH excluding ortho intramolecular Hbond substituents is 1. The molecule has 3 rings (SSSR count). The van der Waals surface area contributed by atoms with Crippen LogP contribution in [-0.4, -0.2) is 20.7 Å². The van der Waals surface area contributed by atoms with E-state index in [0.717, 1.165) is 37.0 Å². The molecule has 0 amide bonds. The summed E-state index contributed by atoms with van der Waals surface area (Å²) in [5.74, 6) is 0.308. The molecule has 1 fully saturated rings. The molecule has 146 valence electrons. The molecular formula is C19H19N3O6. The Balaban J connectivity index is 1.82. The molecule has 0 radical (unpaired) electrons. The molecule has 0 saturated heterocycles. The van der Waals surface area contributed by atoms with Crippen LogP contribution in [-0.2, 0) is 0 Å². The second kappa shape index (κ2) is 8.03. The van der Waals surface area contributed by atoms with Crippen molar-refractivity contribution < 1.29 is 19.8 Å². The van der Waals surface area contributed by atoms with Gasteiger partial charge in [-0.15, -0.1) is 0 Å². The SMILES string of the molecule is C/C(=N\Oc1ccc([N+](=O)[O-])cc1[N+](=O)[O-])[C@@H]1CCC[C@@H]1c1cccc(O)c1. The van der Waals surface area contributed by atoms with E-state index in [1.165, 1.54) is 6.07 Å². The first-order valence-electron chi connectivity index (χ1n) is 8.80. The van der Waals surface area contributed by atoms with E-state index in [2.05, 4.69) is 5.16 Å². The van der Waals surface area contributed by atoms with Gasteiger partial charge in [0.1, 0.15) is 5.75 Å². The molecule has 1 N–H and O–H groups in total. The second-order valence-corrected chi connectivity index (χ2v) is 6.73. The maximum absolute atomic E-state index is 11.2. The maximum Gasteiger partial charge on any atom is 0.321 e. The summed E-state index contributed by atoms with van der Waals surface area (Å²) in [4.78, 5) is 25.9. The summed E-state index contributed by atoms with van der Waals surface area (Å²) < 4.78 is 0. The lowest BCUT2D eigenvalue weighted by Gasteiger charge is -2.19. The van der Waals surface area contributed by atoms with Crippen molar-refractivity contribution in [3.8, 4) is 11.5 Å². The van der Waals surface area contributed by atoms with Gasteiger partial charge in [0.15, 0.2) is 0 Å². The van der Waals surface area contributed by atoms with Crippen LogP contribution in [0.25, 0.3) is 0 Å². The molecule has 0 unspecified atom stereocenters. The number of phenols is 1. The van der Waals surface area contributed by atoms with Crippen molar-refractivity contribution in [1.82, 2.24) is 0 Å². The van der Waals surface area contributed by atoms with E-state index in [1.54, 1.807) is 25.1 Å². The van der Waals surface area contributed by atoms with E-state index in [1.807, 2.05) is 6.07 Å². The lowest BCUT2D eigenvalue weighted by atomic mass is 9.86. The van der Waals surface area contributed by atoms with Gasteiger partial charge in [0.2, 0.25) is 5.75 Å². The molecule has 1 aliphatic carbocycles. The highest BCUT2D eigenvalue weighted by Crippen LogP contribution is 2.41. The van der Waals surface area contributed by atoms with Gasteiger partial charge in [-0.2, -0.15) is 0 Å². The zero-order valence-electron chi connectivity index (χ0n) is 15.1. The molecule has 0 spiro atoms. The summed E-state index contributed by atoms with van der Waals surface area (Å²) in [5, 5.41) is 35.8. The van der Waals surface area contributed by atoms with Gasteiger partial charge >= 0.3 is 5.69 Å². The summed E-state index contributed by atoms with van der Waals surface area (Å²) in [6.45, 7) is 1.79. The summed E-state index contributed by atoms with van der Waals surface area (Å²) in [6, 6.07) is 10.3. The number of hydrogen-bond acceptors (Lipinski definition) is 7. The Morgan fingerprint density at radius 1 is 1.14 bits per heavy atom. The van der Waals surface area contributed by atoms with Crippen LogP contribution in [0.1, 0.15) is 37.7 Å². The first-order valence-corrected chi connectivity index (χ1v) is 8.80. The van der Waals surface area contributed by atoms with Gasteiger partial charge < -0.3 is 9.94 Å². The standard InChI is InChI=1S/C19H19N3O6/c1-12(16-6-3-7-17(16)13-4-2-5-15(23)10-13)20-28-19-9-8-14(21(24)25)11-18(19)22(26)27/h2,4-5,8-11,16-17,23H,3,6-7H2,1H3/b20-12+/t16-,17+/m0/s1. The highest BCUT2D eigenvalue weighted by molar-refractivity contribution is 5.85. The Hall–Kier alpha value is -3.49. The highest BCUT2D eigenvalue weighted by atomic mass is 16.7. The van der Waals surface area contributed by atoms with Crippen molar-refractivity contribution >= 4 is 17.1 Å². The second-order valence-electron chi connectivity index (χ2n) is 6.73. The first kappa shape index (κ1) is 19.3. The van der Waals surface area contributed by atoms with Crippen molar-refractivity contribution in [3.05, 3.63) is 68.3 Å². The van der Waals surface area contributed by atoms with Gasteiger partial charge in [0, 0.05) is 12.0 Å². The van der Waals surface area contributed by atoms with E-state index in [4.69, 9.17) is 4.84 Å². The van der Waals surface area contributed by atoms with Crippen molar-refractivity contribution in [2.45, 2.75) is 32.1 Å². The number of aromatic hydroxyl groups is 1. The van der Waals surface area contributed by atoms with Gasteiger partial charge in [-0.25, -0.2) is 0 Å². The summed E-state index contributed by atoms with van der Waals surface area (Å²) in [6.07, 6.45) is 2.83. The molecule has 9 heteroatoms. The lowest BCUT2D eigenvalue weighted by Crippen LogP contribution is -2.16. The number of nitro benzene ring substituents is 2. The molecule has 9 nitrogen and oxygen atoms in total. The van der Waals surface area contributed by atoms with E-state index in [-0.39, 0.29) is 29.0 Å². The maximum atomic E-state index is 11.2.